The second kappa shape index (κ2) is 13.0. The van der Waals surface area contributed by atoms with Gasteiger partial charge in [-0.2, -0.15) is 4.58 Å². The van der Waals surface area contributed by atoms with Gasteiger partial charge in [0.2, 0.25) is 0 Å². The van der Waals surface area contributed by atoms with Crippen LogP contribution in [0.15, 0.2) is 54.6 Å². The average Bonchev–Trinajstić information content (AvgIpc) is 2.75. The Morgan fingerprint density at radius 3 is 2.31 bits per heavy atom. The highest BCUT2D eigenvalue weighted by Crippen LogP contribution is 2.11. The van der Waals surface area contributed by atoms with Crippen LogP contribution in [0.25, 0.3) is 0 Å². The smallest absolute Gasteiger partial charge is 0.317 e. The third-order valence-electron chi connectivity index (χ3n) is 4.95. The Morgan fingerprint density at radius 1 is 1.07 bits per heavy atom. The fourth-order valence-electron chi connectivity index (χ4n) is 3.46. The number of amides is 1. The highest BCUT2D eigenvalue weighted by atomic mass is 19.1. The molecule has 2 heterocycles. The first-order chi connectivity index (χ1) is 14.1. The van der Waals surface area contributed by atoms with Crippen molar-refractivity contribution < 1.29 is 13.8 Å². The summed E-state index contributed by atoms with van der Waals surface area (Å²) in [6, 6.07) is 16.1. The van der Waals surface area contributed by atoms with E-state index in [1.165, 1.54) is 50.2 Å². The maximum absolute atomic E-state index is 11.9. The first kappa shape index (κ1) is 22.9. The number of carbonyl (C=O) groups excluding carboxylic acids is 1. The number of benzene rings is 2. The van der Waals surface area contributed by atoms with Gasteiger partial charge in [0.05, 0.1) is 0 Å². The van der Waals surface area contributed by atoms with E-state index in [1.807, 2.05) is 24.4 Å². The molecular weight excluding hydrogens is 365 g/mol. The molecule has 0 aromatic heterocycles. The molecule has 1 saturated heterocycles. The summed E-state index contributed by atoms with van der Waals surface area (Å²) in [6.45, 7) is 4.51. The van der Waals surface area contributed by atoms with Crippen LogP contribution in [0.4, 0.5) is 4.39 Å². The van der Waals surface area contributed by atoms with E-state index in [9.17, 15) is 9.18 Å². The van der Waals surface area contributed by atoms with Gasteiger partial charge in [-0.05, 0) is 69.7 Å². The van der Waals surface area contributed by atoms with Crippen LogP contribution in [-0.2, 0) is 11.2 Å². The van der Waals surface area contributed by atoms with Crippen molar-refractivity contribution in [1.29, 1.82) is 0 Å². The number of nitrogens with one attached hydrogen (secondary N) is 1. The molecule has 1 fully saturated rings. The van der Waals surface area contributed by atoms with Crippen molar-refractivity contribution in [2.75, 3.05) is 40.3 Å². The zero-order valence-corrected chi connectivity index (χ0v) is 17.6. The minimum absolute atomic E-state index is 0.178. The van der Waals surface area contributed by atoms with Crippen molar-refractivity contribution in [1.82, 2.24) is 10.2 Å². The Bertz CT molecular complexity index is 756. The molecule has 0 radical (unpaired) electrons. The molecule has 0 spiro atoms. The quantitative estimate of drug-likeness (QED) is 0.637. The number of piperidine rings is 1. The summed E-state index contributed by atoms with van der Waals surface area (Å²) in [5.74, 6) is 0.763. The highest BCUT2D eigenvalue weighted by Gasteiger charge is 2.14. The lowest BCUT2D eigenvalue weighted by molar-refractivity contribution is -0.429. The normalized spacial score (nSPS) is 15.8. The van der Waals surface area contributed by atoms with Crippen LogP contribution in [0.5, 0.6) is 0 Å². The minimum Gasteiger partial charge on any atom is -0.317 e. The third-order valence-corrected chi connectivity index (χ3v) is 4.95. The first-order valence-electron chi connectivity index (χ1n) is 10.3. The van der Waals surface area contributed by atoms with E-state index < -0.39 is 0 Å². The molecule has 1 amide bonds. The van der Waals surface area contributed by atoms with Gasteiger partial charge in [-0.25, -0.2) is 9.18 Å². The van der Waals surface area contributed by atoms with Gasteiger partial charge in [-0.1, -0.05) is 36.4 Å². The van der Waals surface area contributed by atoms with Crippen molar-refractivity contribution in [2.45, 2.75) is 19.3 Å². The Kier molecular flexibility index (Phi) is 10.2. The predicted molar refractivity (Wildman–Crippen MR) is 117 cm³/mol. The molecule has 2 aromatic rings. The van der Waals surface area contributed by atoms with Crippen LogP contribution in [0.3, 0.4) is 0 Å². The largest absolute Gasteiger partial charge is 0.375 e. The lowest BCUT2D eigenvalue weighted by Crippen LogP contribution is -2.33. The number of nitrogens with zero attached hydrogens (tertiary/aromatic N) is 2. The summed E-state index contributed by atoms with van der Waals surface area (Å²) in [5.41, 5.74) is 2.49. The fourth-order valence-corrected chi connectivity index (χ4v) is 3.46. The number of halogens is 1. The Morgan fingerprint density at radius 2 is 1.72 bits per heavy atom. The summed E-state index contributed by atoms with van der Waals surface area (Å²) in [4.78, 5) is 12.8. The van der Waals surface area contributed by atoms with Crippen molar-refractivity contribution in [2.24, 2.45) is 5.92 Å². The first-order valence-corrected chi connectivity index (χ1v) is 10.3. The predicted octanol–water partition coefficient (Wildman–Crippen LogP) is 3.20. The van der Waals surface area contributed by atoms with Crippen LogP contribution in [0.2, 0.25) is 0 Å². The summed E-state index contributed by atoms with van der Waals surface area (Å²) in [7, 11) is 4.31. The zero-order chi connectivity index (χ0) is 20.9. The Labute approximate surface area is 174 Å². The molecule has 0 bridgehead atoms. The molecule has 2 aliphatic rings. The lowest BCUT2D eigenvalue weighted by atomic mass is 9.98. The maximum atomic E-state index is 11.9. The minimum atomic E-state index is -0.178. The standard InChI is InChI=1S/C10H10NO.C8H18N2.C6H5F/c12-8-11-6-5-9-3-1-2-4-10(9)7-11;1-10(2)7-8-3-5-9-6-4-8;7-6-4-2-1-3-5-6/h1-4,7-8H,5-6H2;8-9H,3-7H2,1-2H3;1-5H/q+1;;. The van der Waals surface area contributed by atoms with E-state index in [1.54, 1.807) is 22.8 Å². The number of hydrogen-bond donors (Lipinski definition) is 1. The molecule has 5 heteroatoms. The second-order valence-electron chi connectivity index (χ2n) is 7.67. The van der Waals surface area contributed by atoms with Gasteiger partial charge in [-0.15, -0.1) is 0 Å². The van der Waals surface area contributed by atoms with Crippen LogP contribution in [0.1, 0.15) is 24.0 Å². The van der Waals surface area contributed by atoms with Gasteiger partial charge in [0, 0.05) is 18.5 Å². The highest BCUT2D eigenvalue weighted by molar-refractivity contribution is 5.80. The van der Waals surface area contributed by atoms with Gasteiger partial charge in [0.25, 0.3) is 0 Å². The van der Waals surface area contributed by atoms with Gasteiger partial charge >= 0.3 is 6.41 Å². The lowest BCUT2D eigenvalue weighted by Gasteiger charge is -2.25. The molecule has 2 aromatic carbocycles. The number of hydrogen-bond acceptors (Lipinski definition) is 3. The third kappa shape index (κ3) is 9.11. The molecule has 29 heavy (non-hydrogen) atoms. The average molecular weight is 399 g/mol. The fraction of sp³-hybridized carbons (Fsp3) is 0.417. The molecule has 0 saturated carbocycles. The van der Waals surface area contributed by atoms with E-state index in [0.29, 0.717) is 0 Å². The number of fused-ring (bicyclic) bond motifs is 1. The molecule has 4 rings (SSSR count). The molecule has 0 atom stereocenters. The monoisotopic (exact) mass is 398 g/mol. The van der Waals surface area contributed by atoms with Gasteiger partial charge in [0.15, 0.2) is 12.8 Å². The van der Waals surface area contributed by atoms with Crippen molar-refractivity contribution >= 4 is 12.6 Å². The van der Waals surface area contributed by atoms with E-state index >= 15 is 0 Å². The molecule has 4 nitrogen and oxygen atoms in total. The van der Waals surface area contributed by atoms with Crippen LogP contribution in [-0.4, -0.2) is 62.4 Å². The summed E-state index contributed by atoms with van der Waals surface area (Å²) in [5, 5.41) is 3.37. The Hall–Kier alpha value is -2.37. The molecule has 156 valence electrons. The van der Waals surface area contributed by atoms with E-state index in [-0.39, 0.29) is 5.82 Å². The number of rotatable bonds is 3. The van der Waals surface area contributed by atoms with Crippen molar-refractivity contribution in [3.8, 4) is 0 Å². The zero-order valence-electron chi connectivity index (χ0n) is 17.6. The van der Waals surface area contributed by atoms with E-state index in [2.05, 4.69) is 30.4 Å². The summed E-state index contributed by atoms with van der Waals surface area (Å²) < 4.78 is 13.6. The molecule has 0 aliphatic carbocycles. The van der Waals surface area contributed by atoms with Crippen LogP contribution >= 0.6 is 0 Å². The Balaban J connectivity index is 0.000000161. The van der Waals surface area contributed by atoms with Gasteiger partial charge in [0.1, 0.15) is 5.82 Å². The van der Waals surface area contributed by atoms with Crippen LogP contribution in [0, 0.1) is 11.7 Å². The second-order valence-corrected chi connectivity index (χ2v) is 7.67. The van der Waals surface area contributed by atoms with Gasteiger partial charge in [-0.3, -0.25) is 0 Å². The molecule has 0 unspecified atom stereocenters. The van der Waals surface area contributed by atoms with Crippen molar-refractivity contribution in [3.05, 3.63) is 71.5 Å². The van der Waals surface area contributed by atoms with E-state index in [0.717, 1.165) is 30.9 Å². The number of carbonyl (C=O) groups is 1. The summed E-state index contributed by atoms with van der Waals surface area (Å²) >= 11 is 0. The topological polar surface area (TPSA) is 35.4 Å². The maximum Gasteiger partial charge on any atom is 0.375 e. The SMILES string of the molecule is CN(C)CC1CCNCC1.Fc1ccccc1.O=C[N+]1=Cc2ccccc2CC1. The van der Waals surface area contributed by atoms with Crippen LogP contribution < -0.4 is 5.32 Å². The molecule has 1 N–H and O–H groups in total. The molecule has 2 aliphatic heterocycles. The molecular formula is C24H33FN3O+. The van der Waals surface area contributed by atoms with Crippen molar-refractivity contribution in [3.63, 3.8) is 0 Å². The summed E-state index contributed by atoms with van der Waals surface area (Å²) in [6.07, 6.45) is 6.45. The van der Waals surface area contributed by atoms with Gasteiger partial charge < -0.3 is 10.2 Å². The van der Waals surface area contributed by atoms with E-state index in [4.69, 9.17) is 0 Å².